The Balaban J connectivity index is 1.37. The molecule has 0 amide bonds. The number of rotatable bonds is 5. The highest BCUT2D eigenvalue weighted by Gasteiger charge is 2.27. The van der Waals surface area contributed by atoms with Crippen molar-refractivity contribution in [2.45, 2.75) is 31.8 Å². The van der Waals surface area contributed by atoms with Crippen molar-refractivity contribution in [1.29, 1.82) is 0 Å². The summed E-state index contributed by atoms with van der Waals surface area (Å²) in [6.45, 7) is 3.98. The van der Waals surface area contributed by atoms with E-state index in [2.05, 4.69) is 68.8 Å². The lowest BCUT2D eigenvalue weighted by atomic mass is 9.91. The Bertz CT molecular complexity index is 1300. The van der Waals surface area contributed by atoms with Crippen LogP contribution in [0.1, 0.15) is 35.8 Å². The summed E-state index contributed by atoms with van der Waals surface area (Å²) >= 11 is 0. The van der Waals surface area contributed by atoms with E-state index in [1.807, 2.05) is 18.5 Å². The van der Waals surface area contributed by atoms with Gasteiger partial charge in [0.05, 0.1) is 36.3 Å². The van der Waals surface area contributed by atoms with Crippen LogP contribution in [0.4, 0.5) is 5.82 Å². The second-order valence-electron chi connectivity index (χ2n) is 9.21. The summed E-state index contributed by atoms with van der Waals surface area (Å²) < 4.78 is 7.74. The van der Waals surface area contributed by atoms with Gasteiger partial charge in [-0.3, -0.25) is 14.3 Å². The number of fused-ring (bicyclic) bond motifs is 2. The number of nitrogens with zero attached hydrogens (tertiary/aromatic N) is 6. The second kappa shape index (κ2) is 9.16. The van der Waals surface area contributed by atoms with Gasteiger partial charge in [0.2, 0.25) is 0 Å². The lowest BCUT2D eigenvalue weighted by Gasteiger charge is -2.32. The molecule has 0 aromatic carbocycles. The van der Waals surface area contributed by atoms with Crippen molar-refractivity contribution >= 4 is 11.5 Å². The van der Waals surface area contributed by atoms with Crippen molar-refractivity contribution in [2.75, 3.05) is 38.3 Å². The van der Waals surface area contributed by atoms with E-state index in [1.54, 1.807) is 0 Å². The Hall–Kier alpha value is -3.29. The lowest BCUT2D eigenvalue weighted by molar-refractivity contribution is 0.122. The first-order valence-electron chi connectivity index (χ1n) is 12.2. The smallest absolute Gasteiger partial charge is 0.137 e. The Kier molecular flexibility index (Phi) is 5.73. The van der Waals surface area contributed by atoms with E-state index in [4.69, 9.17) is 14.7 Å². The van der Waals surface area contributed by atoms with Gasteiger partial charge >= 0.3 is 0 Å². The number of imidazole rings is 1. The summed E-state index contributed by atoms with van der Waals surface area (Å²) in [5.41, 5.74) is 6.92. The molecule has 1 fully saturated rings. The number of hydrogen-bond donors (Lipinski definition) is 0. The van der Waals surface area contributed by atoms with Crippen LogP contribution in [0.2, 0.25) is 0 Å². The second-order valence-corrected chi connectivity index (χ2v) is 9.21. The third kappa shape index (κ3) is 3.95. The molecule has 1 aliphatic heterocycles. The molecule has 34 heavy (non-hydrogen) atoms. The van der Waals surface area contributed by atoms with E-state index in [9.17, 15) is 0 Å². The van der Waals surface area contributed by atoms with Crippen LogP contribution in [0.25, 0.3) is 16.9 Å². The minimum absolute atomic E-state index is 0.309. The largest absolute Gasteiger partial charge is 0.378 e. The number of hydrogen-bond acceptors (Lipinski definition) is 6. The monoisotopic (exact) mass is 454 g/mol. The Labute approximate surface area is 200 Å². The molecule has 0 radical (unpaired) electrons. The normalized spacial score (nSPS) is 18.4. The lowest BCUT2D eigenvalue weighted by Crippen LogP contribution is -2.36. The number of aryl methyl sites for hydroxylation is 1. The van der Waals surface area contributed by atoms with Crippen LogP contribution in [0.3, 0.4) is 0 Å². The number of aromatic nitrogens is 4. The van der Waals surface area contributed by atoms with Crippen molar-refractivity contribution in [3.05, 3.63) is 78.0 Å². The Morgan fingerprint density at radius 3 is 2.88 bits per heavy atom. The Morgan fingerprint density at radius 1 is 1.06 bits per heavy atom. The minimum atomic E-state index is 0.309. The molecule has 5 heterocycles. The maximum absolute atomic E-state index is 5.53. The first-order chi connectivity index (χ1) is 16.8. The van der Waals surface area contributed by atoms with Crippen LogP contribution >= 0.6 is 0 Å². The molecule has 0 unspecified atom stereocenters. The Morgan fingerprint density at radius 2 is 1.97 bits per heavy atom. The number of pyridine rings is 3. The number of ether oxygens (including phenoxy) is 1. The molecule has 0 bridgehead atoms. The topological polar surface area (TPSA) is 58.8 Å². The van der Waals surface area contributed by atoms with Gasteiger partial charge in [-0.1, -0.05) is 12.1 Å². The predicted octanol–water partition coefficient (Wildman–Crippen LogP) is 4.14. The van der Waals surface area contributed by atoms with Crippen molar-refractivity contribution in [3.8, 4) is 11.3 Å². The zero-order chi connectivity index (χ0) is 22.9. The van der Waals surface area contributed by atoms with Crippen LogP contribution in [0, 0.1) is 0 Å². The van der Waals surface area contributed by atoms with Gasteiger partial charge in [-0.25, -0.2) is 9.97 Å². The fourth-order valence-electron chi connectivity index (χ4n) is 5.35. The SMILES string of the molecule is CN(Cc1nc2ccccn2c1-c1ccnc(N2CCOCC2)c1)[C@H]1CCCc2cccnc21. The first kappa shape index (κ1) is 21.3. The fourth-order valence-corrected chi connectivity index (χ4v) is 5.35. The van der Waals surface area contributed by atoms with Gasteiger partial charge in [0.1, 0.15) is 11.5 Å². The maximum Gasteiger partial charge on any atom is 0.137 e. The van der Waals surface area contributed by atoms with Crippen LogP contribution in [-0.4, -0.2) is 57.6 Å². The zero-order valence-electron chi connectivity index (χ0n) is 19.6. The van der Waals surface area contributed by atoms with Crippen LogP contribution in [-0.2, 0) is 17.7 Å². The van der Waals surface area contributed by atoms with Gasteiger partial charge in [0.25, 0.3) is 0 Å². The number of anilines is 1. The molecule has 7 nitrogen and oxygen atoms in total. The third-order valence-corrected chi connectivity index (χ3v) is 7.05. The van der Waals surface area contributed by atoms with Gasteiger partial charge in [-0.05, 0) is 62.2 Å². The molecule has 0 saturated carbocycles. The van der Waals surface area contributed by atoms with E-state index in [0.29, 0.717) is 6.04 Å². The molecule has 7 heteroatoms. The molecule has 1 atom stereocenters. The average molecular weight is 455 g/mol. The van der Waals surface area contributed by atoms with E-state index in [1.165, 1.54) is 17.7 Å². The summed E-state index contributed by atoms with van der Waals surface area (Å²) in [7, 11) is 2.20. The summed E-state index contributed by atoms with van der Waals surface area (Å²) in [5, 5.41) is 0. The summed E-state index contributed by atoms with van der Waals surface area (Å²) in [4.78, 5) is 19.2. The standard InChI is InChI=1S/C27H30N6O/c1-31(23-8-4-6-20-7-5-11-29-26(20)23)19-22-27(33-13-3-2-9-24(33)30-22)21-10-12-28-25(18-21)32-14-16-34-17-15-32/h2-3,5,7,9-13,18,23H,4,6,8,14-17,19H2,1H3/t23-/m0/s1. The highest BCUT2D eigenvalue weighted by Crippen LogP contribution is 2.34. The van der Waals surface area contributed by atoms with Gasteiger partial charge in [-0.2, -0.15) is 0 Å². The summed E-state index contributed by atoms with van der Waals surface area (Å²) in [6, 6.07) is 15.1. The fraction of sp³-hybridized carbons (Fsp3) is 0.370. The van der Waals surface area contributed by atoms with Gasteiger partial charge in [0, 0.05) is 43.8 Å². The van der Waals surface area contributed by atoms with Crippen LogP contribution in [0.5, 0.6) is 0 Å². The molecule has 2 aliphatic rings. The molecule has 1 aliphatic carbocycles. The maximum atomic E-state index is 5.53. The summed E-state index contributed by atoms with van der Waals surface area (Å²) in [5.74, 6) is 0.997. The van der Waals surface area contributed by atoms with Crippen molar-refractivity contribution in [3.63, 3.8) is 0 Å². The third-order valence-electron chi connectivity index (χ3n) is 7.05. The molecule has 4 aromatic heterocycles. The van der Waals surface area contributed by atoms with Crippen molar-refractivity contribution < 1.29 is 4.74 Å². The highest BCUT2D eigenvalue weighted by molar-refractivity contribution is 5.69. The summed E-state index contributed by atoms with van der Waals surface area (Å²) in [6.07, 6.45) is 9.38. The average Bonchev–Trinajstić information content (AvgIpc) is 3.26. The van der Waals surface area contributed by atoms with E-state index >= 15 is 0 Å². The van der Waals surface area contributed by atoms with Gasteiger partial charge in [-0.15, -0.1) is 0 Å². The predicted molar refractivity (Wildman–Crippen MR) is 133 cm³/mol. The van der Waals surface area contributed by atoms with Crippen molar-refractivity contribution in [1.82, 2.24) is 24.3 Å². The molecule has 0 N–H and O–H groups in total. The van der Waals surface area contributed by atoms with E-state index in [0.717, 1.165) is 74.1 Å². The van der Waals surface area contributed by atoms with E-state index in [-0.39, 0.29) is 0 Å². The molecule has 174 valence electrons. The zero-order valence-corrected chi connectivity index (χ0v) is 19.6. The molecule has 6 rings (SSSR count). The van der Waals surface area contributed by atoms with Gasteiger partial charge < -0.3 is 9.64 Å². The van der Waals surface area contributed by atoms with Crippen LogP contribution < -0.4 is 4.90 Å². The molecule has 1 saturated heterocycles. The molecule has 4 aromatic rings. The first-order valence-corrected chi connectivity index (χ1v) is 12.2. The molecular weight excluding hydrogens is 424 g/mol. The minimum Gasteiger partial charge on any atom is -0.378 e. The van der Waals surface area contributed by atoms with Crippen LogP contribution in [0.15, 0.2) is 61.1 Å². The highest BCUT2D eigenvalue weighted by atomic mass is 16.5. The van der Waals surface area contributed by atoms with Crippen molar-refractivity contribution in [2.24, 2.45) is 0 Å². The molecular formula is C27H30N6O. The quantitative estimate of drug-likeness (QED) is 0.452. The molecule has 0 spiro atoms. The van der Waals surface area contributed by atoms with Gasteiger partial charge in [0.15, 0.2) is 0 Å². The number of morpholine rings is 1. The van der Waals surface area contributed by atoms with E-state index < -0.39 is 0 Å².